The maximum Gasteiger partial charge on any atom is 0.252 e. The zero-order valence-electron chi connectivity index (χ0n) is 14.9. The number of nitrogens with one attached hydrogen (secondary N) is 2. The van der Waals surface area contributed by atoms with Crippen LogP contribution in [0.1, 0.15) is 23.7 Å². The maximum atomic E-state index is 11.9. The number of pyridine rings is 1. The lowest BCUT2D eigenvalue weighted by atomic mass is 10.1. The number of carbonyl (C=O) groups excluding carboxylic acids is 1. The monoisotopic (exact) mass is 461 g/mol. The first-order valence-electron chi connectivity index (χ1n) is 8.46. The molecular weight excluding hydrogens is 433 g/mol. The number of halogens is 1. The molecule has 2 rings (SSSR count). The van der Waals surface area contributed by atoms with Gasteiger partial charge < -0.3 is 20.3 Å². The lowest BCUT2D eigenvalue weighted by Gasteiger charge is -2.24. The van der Waals surface area contributed by atoms with Crippen LogP contribution in [0.5, 0.6) is 0 Å². The molecule has 1 aliphatic rings. The van der Waals surface area contributed by atoms with Crippen LogP contribution in [-0.2, 0) is 4.74 Å². The van der Waals surface area contributed by atoms with Gasteiger partial charge in [-0.15, -0.1) is 24.0 Å². The largest absolute Gasteiger partial charge is 0.381 e. The molecule has 1 fully saturated rings. The summed E-state index contributed by atoms with van der Waals surface area (Å²) in [7, 11) is 2.04. The second-order valence-electron chi connectivity index (χ2n) is 5.84. The zero-order valence-corrected chi connectivity index (χ0v) is 17.2. The van der Waals surface area contributed by atoms with Gasteiger partial charge in [-0.25, -0.2) is 0 Å². The molecule has 2 heterocycles. The van der Waals surface area contributed by atoms with Crippen molar-refractivity contribution in [2.75, 3.05) is 46.4 Å². The van der Waals surface area contributed by atoms with Gasteiger partial charge in [-0.05, 0) is 25.5 Å². The summed E-state index contributed by atoms with van der Waals surface area (Å²) in [6.07, 6.45) is 4.31. The van der Waals surface area contributed by atoms with Crippen LogP contribution in [0.4, 0.5) is 0 Å². The van der Waals surface area contributed by atoms with Crippen molar-refractivity contribution in [2.24, 2.45) is 10.9 Å². The molecule has 1 aliphatic heterocycles. The molecule has 1 saturated heterocycles. The Labute approximate surface area is 166 Å². The normalized spacial score (nSPS) is 16.9. The number of amides is 1. The van der Waals surface area contributed by atoms with Gasteiger partial charge in [0.05, 0.1) is 18.7 Å². The van der Waals surface area contributed by atoms with Crippen LogP contribution in [0.2, 0.25) is 0 Å². The molecule has 8 heteroatoms. The van der Waals surface area contributed by atoms with E-state index in [0.717, 1.165) is 38.7 Å². The van der Waals surface area contributed by atoms with E-state index in [2.05, 4.69) is 25.5 Å². The number of rotatable bonds is 7. The molecule has 7 nitrogen and oxygen atoms in total. The molecule has 1 amide bonds. The molecule has 1 unspecified atom stereocenters. The van der Waals surface area contributed by atoms with Crippen molar-refractivity contribution >= 4 is 35.8 Å². The summed E-state index contributed by atoms with van der Waals surface area (Å²) in [5, 5.41) is 6.14. The third kappa shape index (κ3) is 7.55. The molecule has 0 spiro atoms. The number of ether oxygens (including phenoxy) is 1. The number of hydrogen-bond acceptors (Lipinski definition) is 4. The van der Waals surface area contributed by atoms with Crippen molar-refractivity contribution < 1.29 is 9.53 Å². The van der Waals surface area contributed by atoms with E-state index in [9.17, 15) is 4.79 Å². The van der Waals surface area contributed by atoms with Crippen molar-refractivity contribution in [3.63, 3.8) is 0 Å². The third-order valence-electron chi connectivity index (χ3n) is 3.84. The molecule has 0 aliphatic carbocycles. The van der Waals surface area contributed by atoms with Crippen LogP contribution >= 0.6 is 24.0 Å². The topological polar surface area (TPSA) is 78.8 Å². The smallest absolute Gasteiger partial charge is 0.252 e. The Balaban J connectivity index is 0.00000312. The van der Waals surface area contributed by atoms with Crippen LogP contribution < -0.4 is 10.6 Å². The van der Waals surface area contributed by atoms with Gasteiger partial charge >= 0.3 is 0 Å². The second kappa shape index (κ2) is 12.0. The summed E-state index contributed by atoms with van der Waals surface area (Å²) in [6.45, 7) is 6.48. The molecule has 0 aromatic carbocycles. The first-order valence-corrected chi connectivity index (χ1v) is 8.46. The number of aromatic nitrogens is 1. The highest BCUT2D eigenvalue weighted by atomic mass is 127. The highest BCUT2D eigenvalue weighted by Crippen LogP contribution is 2.13. The van der Waals surface area contributed by atoms with Gasteiger partial charge in [0.15, 0.2) is 5.96 Å². The number of nitrogens with zero attached hydrogens (tertiary/aromatic N) is 3. The minimum absolute atomic E-state index is 0. The molecule has 0 bridgehead atoms. The molecule has 1 aromatic heterocycles. The number of guanidine groups is 1. The molecule has 140 valence electrons. The minimum atomic E-state index is -0.125. The molecular formula is C17H28IN5O2. The fourth-order valence-electron chi connectivity index (χ4n) is 2.60. The standard InChI is InChI=1S/C17H27N5O2.HI/c1-3-19-17(22(2)12-14-6-10-24-13-14)21-9-8-20-16(23)15-5-4-7-18-11-15;/h4-5,7,11,14H,3,6,8-10,12-13H2,1-2H3,(H,19,21)(H,20,23);1H. The summed E-state index contributed by atoms with van der Waals surface area (Å²) >= 11 is 0. The van der Waals surface area contributed by atoms with E-state index in [-0.39, 0.29) is 29.9 Å². The molecule has 25 heavy (non-hydrogen) atoms. The highest BCUT2D eigenvalue weighted by Gasteiger charge is 2.18. The van der Waals surface area contributed by atoms with Crippen LogP contribution in [0.25, 0.3) is 0 Å². The van der Waals surface area contributed by atoms with E-state index in [1.54, 1.807) is 24.5 Å². The lowest BCUT2D eigenvalue weighted by molar-refractivity contribution is 0.0954. The van der Waals surface area contributed by atoms with Crippen LogP contribution in [0, 0.1) is 5.92 Å². The minimum Gasteiger partial charge on any atom is -0.381 e. The average molecular weight is 461 g/mol. The lowest BCUT2D eigenvalue weighted by Crippen LogP contribution is -2.42. The highest BCUT2D eigenvalue weighted by molar-refractivity contribution is 14.0. The number of aliphatic imine (C=N–C) groups is 1. The van der Waals surface area contributed by atoms with E-state index in [1.165, 1.54) is 0 Å². The van der Waals surface area contributed by atoms with Crippen molar-refractivity contribution in [1.29, 1.82) is 0 Å². The van der Waals surface area contributed by atoms with Crippen molar-refractivity contribution in [3.8, 4) is 0 Å². The Hall–Kier alpha value is -1.42. The summed E-state index contributed by atoms with van der Waals surface area (Å²) in [6, 6.07) is 3.49. The zero-order chi connectivity index (χ0) is 17.2. The first-order chi connectivity index (χ1) is 11.7. The van der Waals surface area contributed by atoms with Crippen LogP contribution in [-0.4, -0.2) is 68.2 Å². The number of hydrogen-bond donors (Lipinski definition) is 2. The summed E-state index contributed by atoms with van der Waals surface area (Å²) in [4.78, 5) is 22.6. The van der Waals surface area contributed by atoms with Crippen LogP contribution in [0.3, 0.4) is 0 Å². The van der Waals surface area contributed by atoms with E-state index in [1.807, 2.05) is 14.0 Å². The molecule has 1 atom stereocenters. The quantitative estimate of drug-likeness (QED) is 0.278. The second-order valence-corrected chi connectivity index (χ2v) is 5.84. The van der Waals surface area contributed by atoms with Gasteiger partial charge in [-0.3, -0.25) is 14.8 Å². The Bertz CT molecular complexity index is 535. The predicted molar refractivity (Wildman–Crippen MR) is 110 cm³/mol. The average Bonchev–Trinajstić information content (AvgIpc) is 3.11. The fourth-order valence-corrected chi connectivity index (χ4v) is 2.60. The van der Waals surface area contributed by atoms with Crippen molar-refractivity contribution in [3.05, 3.63) is 30.1 Å². The fraction of sp³-hybridized carbons (Fsp3) is 0.588. The van der Waals surface area contributed by atoms with Gasteiger partial charge in [0.1, 0.15) is 0 Å². The van der Waals surface area contributed by atoms with Gasteiger partial charge in [0, 0.05) is 51.6 Å². The Kier molecular flexibility index (Phi) is 10.4. The van der Waals surface area contributed by atoms with Gasteiger partial charge in [0.2, 0.25) is 0 Å². The molecule has 1 aromatic rings. The predicted octanol–water partition coefficient (Wildman–Crippen LogP) is 1.36. The maximum absolute atomic E-state index is 11.9. The van der Waals surface area contributed by atoms with E-state index >= 15 is 0 Å². The molecule has 0 radical (unpaired) electrons. The van der Waals surface area contributed by atoms with Gasteiger partial charge in [-0.2, -0.15) is 0 Å². The van der Waals surface area contributed by atoms with Gasteiger partial charge in [0.25, 0.3) is 5.91 Å². The summed E-state index contributed by atoms with van der Waals surface area (Å²) < 4.78 is 5.43. The van der Waals surface area contributed by atoms with Crippen LogP contribution in [0.15, 0.2) is 29.5 Å². The van der Waals surface area contributed by atoms with Crippen molar-refractivity contribution in [2.45, 2.75) is 13.3 Å². The van der Waals surface area contributed by atoms with Gasteiger partial charge in [-0.1, -0.05) is 0 Å². The molecule has 2 N–H and O–H groups in total. The first kappa shape index (κ1) is 21.6. The SMILES string of the molecule is CCNC(=NCCNC(=O)c1cccnc1)N(C)CC1CCOC1.I. The summed E-state index contributed by atoms with van der Waals surface area (Å²) in [5.41, 5.74) is 0.562. The molecule has 0 saturated carbocycles. The third-order valence-corrected chi connectivity index (χ3v) is 3.84. The number of carbonyl (C=O) groups is 1. The van der Waals surface area contributed by atoms with E-state index < -0.39 is 0 Å². The Morgan fingerprint density at radius 1 is 1.48 bits per heavy atom. The van der Waals surface area contributed by atoms with Crippen molar-refractivity contribution in [1.82, 2.24) is 20.5 Å². The van der Waals surface area contributed by atoms with E-state index in [0.29, 0.717) is 24.6 Å². The Morgan fingerprint density at radius 3 is 2.96 bits per heavy atom. The van der Waals surface area contributed by atoms with E-state index in [4.69, 9.17) is 4.74 Å². The summed E-state index contributed by atoms with van der Waals surface area (Å²) in [5.74, 6) is 1.30. The Morgan fingerprint density at radius 2 is 2.32 bits per heavy atom.